The number of amides is 1. The van der Waals surface area contributed by atoms with Crippen molar-refractivity contribution in [3.8, 4) is 22.6 Å². The Labute approximate surface area is 181 Å². The van der Waals surface area contributed by atoms with Gasteiger partial charge in [0.25, 0.3) is 0 Å². The molecule has 0 aromatic heterocycles. The van der Waals surface area contributed by atoms with Crippen LogP contribution in [-0.2, 0) is 16.6 Å². The van der Waals surface area contributed by atoms with Gasteiger partial charge in [0.05, 0.1) is 5.41 Å². The Morgan fingerprint density at radius 3 is 2.74 bits per heavy atom. The van der Waals surface area contributed by atoms with E-state index in [0.29, 0.717) is 0 Å². The fraction of sp³-hybridized carbons (Fsp3) is 0.269. The summed E-state index contributed by atoms with van der Waals surface area (Å²) in [7, 11) is 0. The standard InChI is InChI=1S/C26H24N2O3/c1-16-2-5-20(14-21(16)17-3-6-22-18(12-17)8-11-27-22)28-25(29)26(9-10-26)19-4-7-23-24(13-19)31-15-30-23/h2-7,12-14,27H,8-11,15H2,1H3,(H,28,29). The van der Waals surface area contributed by atoms with Gasteiger partial charge in [0.15, 0.2) is 11.5 Å². The lowest BCUT2D eigenvalue weighted by Gasteiger charge is -2.17. The first-order chi connectivity index (χ1) is 15.1. The molecule has 1 saturated carbocycles. The maximum atomic E-state index is 13.3. The highest BCUT2D eigenvalue weighted by molar-refractivity contribution is 6.02. The van der Waals surface area contributed by atoms with Crippen LogP contribution in [0, 0.1) is 6.92 Å². The van der Waals surface area contributed by atoms with Gasteiger partial charge in [-0.05, 0) is 90.4 Å². The lowest BCUT2D eigenvalue weighted by molar-refractivity contribution is -0.118. The van der Waals surface area contributed by atoms with Crippen LogP contribution in [-0.4, -0.2) is 19.2 Å². The van der Waals surface area contributed by atoms with E-state index in [-0.39, 0.29) is 12.7 Å². The average Bonchev–Trinajstić information content (AvgIpc) is 3.24. The highest BCUT2D eigenvalue weighted by Crippen LogP contribution is 2.51. The van der Waals surface area contributed by atoms with Crippen molar-refractivity contribution in [1.82, 2.24) is 0 Å². The number of nitrogens with one attached hydrogen (secondary N) is 2. The van der Waals surface area contributed by atoms with Gasteiger partial charge in [0.2, 0.25) is 12.7 Å². The summed E-state index contributed by atoms with van der Waals surface area (Å²) in [6, 6.07) is 18.6. The van der Waals surface area contributed by atoms with Gasteiger partial charge in [-0.3, -0.25) is 4.79 Å². The van der Waals surface area contributed by atoms with Crippen molar-refractivity contribution in [2.24, 2.45) is 0 Å². The van der Waals surface area contributed by atoms with Crippen molar-refractivity contribution in [2.45, 2.75) is 31.6 Å². The van der Waals surface area contributed by atoms with Gasteiger partial charge in [-0.15, -0.1) is 0 Å². The predicted octanol–water partition coefficient (Wildman–Crippen LogP) is 5.03. The van der Waals surface area contributed by atoms with Gasteiger partial charge >= 0.3 is 0 Å². The second-order valence-electron chi connectivity index (χ2n) is 8.68. The van der Waals surface area contributed by atoms with Crippen molar-refractivity contribution < 1.29 is 14.3 Å². The summed E-state index contributed by atoms with van der Waals surface area (Å²) >= 11 is 0. The van der Waals surface area contributed by atoms with Crippen molar-refractivity contribution in [1.29, 1.82) is 0 Å². The topological polar surface area (TPSA) is 59.6 Å². The average molecular weight is 412 g/mol. The highest BCUT2D eigenvalue weighted by Gasteiger charge is 2.51. The smallest absolute Gasteiger partial charge is 0.235 e. The summed E-state index contributed by atoms with van der Waals surface area (Å²) in [6.07, 6.45) is 2.74. The molecule has 1 aliphatic carbocycles. The molecule has 0 spiro atoms. The largest absolute Gasteiger partial charge is 0.454 e. The van der Waals surface area contributed by atoms with Crippen molar-refractivity contribution >= 4 is 17.3 Å². The van der Waals surface area contributed by atoms with Gasteiger partial charge < -0.3 is 20.1 Å². The van der Waals surface area contributed by atoms with Crippen LogP contribution >= 0.6 is 0 Å². The van der Waals surface area contributed by atoms with E-state index in [2.05, 4.69) is 47.9 Å². The number of rotatable bonds is 4. The molecule has 0 radical (unpaired) electrons. The molecule has 31 heavy (non-hydrogen) atoms. The third-order valence-electron chi connectivity index (χ3n) is 6.73. The van der Waals surface area contributed by atoms with Crippen LogP contribution in [0.1, 0.15) is 29.5 Å². The van der Waals surface area contributed by atoms with E-state index in [9.17, 15) is 4.79 Å². The SMILES string of the molecule is Cc1ccc(NC(=O)C2(c3ccc4c(c3)OCO4)CC2)cc1-c1ccc2c(c1)CCN2. The second-order valence-corrected chi connectivity index (χ2v) is 8.68. The van der Waals surface area contributed by atoms with E-state index >= 15 is 0 Å². The number of hydrogen-bond donors (Lipinski definition) is 2. The summed E-state index contributed by atoms with van der Waals surface area (Å²) in [5.41, 5.74) is 7.46. The zero-order valence-electron chi connectivity index (χ0n) is 17.5. The fourth-order valence-corrected chi connectivity index (χ4v) is 4.70. The number of fused-ring (bicyclic) bond motifs is 2. The molecule has 1 fully saturated rings. The van der Waals surface area contributed by atoms with Gasteiger partial charge in [0.1, 0.15) is 0 Å². The van der Waals surface area contributed by atoms with Crippen LogP contribution in [0.3, 0.4) is 0 Å². The minimum atomic E-state index is -0.481. The number of benzene rings is 3. The molecule has 0 saturated heterocycles. The Morgan fingerprint density at radius 2 is 1.87 bits per heavy atom. The predicted molar refractivity (Wildman–Crippen MR) is 121 cm³/mol. The molecule has 3 aromatic carbocycles. The number of aryl methyl sites for hydroxylation is 1. The van der Waals surface area contributed by atoms with Crippen LogP contribution in [0.15, 0.2) is 54.6 Å². The van der Waals surface area contributed by atoms with Gasteiger partial charge in [-0.25, -0.2) is 0 Å². The van der Waals surface area contributed by atoms with Crippen LogP contribution in [0.25, 0.3) is 11.1 Å². The number of ether oxygens (including phenoxy) is 2. The lowest BCUT2D eigenvalue weighted by atomic mass is 9.94. The molecule has 1 amide bonds. The molecule has 2 N–H and O–H groups in total. The molecular formula is C26H24N2O3. The molecule has 0 atom stereocenters. The molecule has 2 aliphatic heterocycles. The van der Waals surface area contributed by atoms with Crippen molar-refractivity contribution in [2.75, 3.05) is 24.0 Å². The number of carbonyl (C=O) groups excluding carboxylic acids is 1. The molecular weight excluding hydrogens is 388 g/mol. The van der Waals surface area contributed by atoms with E-state index < -0.39 is 5.41 Å². The molecule has 0 bridgehead atoms. The van der Waals surface area contributed by atoms with E-state index in [1.807, 2.05) is 24.3 Å². The summed E-state index contributed by atoms with van der Waals surface area (Å²) in [5.74, 6) is 1.51. The van der Waals surface area contributed by atoms with Crippen LogP contribution in [0.5, 0.6) is 11.5 Å². The molecule has 0 unspecified atom stereocenters. The van der Waals surface area contributed by atoms with E-state index in [1.54, 1.807) is 0 Å². The highest BCUT2D eigenvalue weighted by atomic mass is 16.7. The van der Waals surface area contributed by atoms with Crippen molar-refractivity contribution in [3.63, 3.8) is 0 Å². The Bertz CT molecular complexity index is 1210. The molecule has 5 nitrogen and oxygen atoms in total. The minimum absolute atomic E-state index is 0.0410. The zero-order valence-corrected chi connectivity index (χ0v) is 17.5. The van der Waals surface area contributed by atoms with Crippen LogP contribution in [0.4, 0.5) is 11.4 Å². The molecule has 6 rings (SSSR count). The minimum Gasteiger partial charge on any atom is -0.454 e. The lowest BCUT2D eigenvalue weighted by Crippen LogP contribution is -2.27. The summed E-state index contributed by atoms with van der Waals surface area (Å²) in [4.78, 5) is 13.3. The third kappa shape index (κ3) is 3.03. The summed E-state index contributed by atoms with van der Waals surface area (Å²) in [6.45, 7) is 3.35. The fourth-order valence-electron chi connectivity index (χ4n) is 4.70. The third-order valence-corrected chi connectivity index (χ3v) is 6.73. The quantitative estimate of drug-likeness (QED) is 0.631. The Hall–Kier alpha value is -3.47. The number of hydrogen-bond acceptors (Lipinski definition) is 4. The Balaban J connectivity index is 1.27. The molecule has 156 valence electrons. The first-order valence-corrected chi connectivity index (χ1v) is 10.8. The van der Waals surface area contributed by atoms with Gasteiger partial charge in [-0.2, -0.15) is 0 Å². The van der Waals surface area contributed by atoms with E-state index in [0.717, 1.165) is 54.1 Å². The maximum Gasteiger partial charge on any atom is 0.235 e. The van der Waals surface area contributed by atoms with Gasteiger partial charge in [0, 0.05) is 17.9 Å². The normalized spacial score (nSPS) is 17.1. The Kier molecular flexibility index (Phi) is 4.00. The molecule has 2 heterocycles. The van der Waals surface area contributed by atoms with E-state index in [1.165, 1.54) is 22.4 Å². The first-order valence-electron chi connectivity index (χ1n) is 10.8. The van der Waals surface area contributed by atoms with Crippen LogP contribution < -0.4 is 20.1 Å². The number of anilines is 2. The van der Waals surface area contributed by atoms with Crippen LogP contribution in [0.2, 0.25) is 0 Å². The zero-order chi connectivity index (χ0) is 21.0. The maximum absolute atomic E-state index is 13.3. The first kappa shape index (κ1) is 18.3. The van der Waals surface area contributed by atoms with Crippen molar-refractivity contribution in [3.05, 3.63) is 71.3 Å². The van der Waals surface area contributed by atoms with Gasteiger partial charge in [-0.1, -0.05) is 18.2 Å². The monoisotopic (exact) mass is 412 g/mol. The second kappa shape index (κ2) is 6.77. The molecule has 5 heteroatoms. The van der Waals surface area contributed by atoms with E-state index in [4.69, 9.17) is 9.47 Å². The summed E-state index contributed by atoms with van der Waals surface area (Å²) in [5, 5.41) is 6.59. The Morgan fingerprint density at radius 1 is 1.00 bits per heavy atom. The molecule has 3 aromatic rings. The number of carbonyl (C=O) groups is 1. The summed E-state index contributed by atoms with van der Waals surface area (Å²) < 4.78 is 10.9. The molecule has 3 aliphatic rings.